The minimum absolute atomic E-state index is 0.301. The molecule has 0 aromatic heterocycles. The predicted molar refractivity (Wildman–Crippen MR) is 138 cm³/mol. The van der Waals surface area contributed by atoms with Gasteiger partial charge >= 0.3 is 5.97 Å². The van der Waals surface area contributed by atoms with E-state index in [0.717, 1.165) is 43.6 Å². The first kappa shape index (κ1) is 26.9. The van der Waals surface area contributed by atoms with Crippen molar-refractivity contribution in [2.24, 2.45) is 5.92 Å². The van der Waals surface area contributed by atoms with Gasteiger partial charge in [0.2, 0.25) is 0 Å². The molecule has 0 amide bonds. The molecule has 5 nitrogen and oxygen atoms in total. The first-order valence-electron chi connectivity index (χ1n) is 12.3. The zero-order valence-electron chi connectivity index (χ0n) is 21.0. The summed E-state index contributed by atoms with van der Waals surface area (Å²) in [5.41, 5.74) is 1.20. The van der Waals surface area contributed by atoms with Gasteiger partial charge in [-0.1, -0.05) is 49.4 Å². The van der Waals surface area contributed by atoms with Gasteiger partial charge in [-0.15, -0.1) is 0 Å². The molecule has 2 N–H and O–H groups in total. The van der Waals surface area contributed by atoms with E-state index in [0.29, 0.717) is 25.1 Å². The summed E-state index contributed by atoms with van der Waals surface area (Å²) < 4.78 is 6.24. The first-order chi connectivity index (χ1) is 15.8. The van der Waals surface area contributed by atoms with Gasteiger partial charge in [0.1, 0.15) is 12.4 Å². The topological polar surface area (TPSA) is 61.8 Å². The van der Waals surface area contributed by atoms with Crippen molar-refractivity contribution in [3.05, 3.63) is 54.1 Å². The molecule has 0 bridgehead atoms. The highest BCUT2D eigenvalue weighted by Gasteiger charge is 2.13. The number of allylic oxidation sites excluding steroid dienone is 1. The number of fused-ring (bicyclic) bond motifs is 1. The number of carboxylic acid groups (broad SMARTS) is 1. The molecule has 0 saturated heterocycles. The third-order valence-corrected chi connectivity index (χ3v) is 6.08. The normalized spacial score (nSPS) is 13.3. The van der Waals surface area contributed by atoms with Crippen molar-refractivity contribution in [2.45, 2.75) is 66.0 Å². The number of nitrogens with zero attached hydrogens (tertiary/aromatic N) is 1. The van der Waals surface area contributed by atoms with Crippen LogP contribution in [0, 0.1) is 5.92 Å². The Morgan fingerprint density at radius 3 is 2.45 bits per heavy atom. The van der Waals surface area contributed by atoms with Crippen molar-refractivity contribution in [3.63, 3.8) is 0 Å². The van der Waals surface area contributed by atoms with Crippen molar-refractivity contribution in [2.75, 3.05) is 26.2 Å². The molecule has 2 rings (SSSR count). The highest BCUT2D eigenvalue weighted by Crippen LogP contribution is 2.25. The van der Waals surface area contributed by atoms with E-state index < -0.39 is 5.97 Å². The fourth-order valence-corrected chi connectivity index (χ4v) is 4.10. The Morgan fingerprint density at radius 2 is 1.76 bits per heavy atom. The van der Waals surface area contributed by atoms with Crippen LogP contribution in [0.5, 0.6) is 5.75 Å². The molecule has 0 heterocycles. The van der Waals surface area contributed by atoms with Gasteiger partial charge in [0.15, 0.2) is 0 Å². The fourth-order valence-electron chi connectivity index (χ4n) is 4.10. The smallest absolute Gasteiger partial charge is 0.306 e. The second kappa shape index (κ2) is 14.0. The quantitative estimate of drug-likeness (QED) is 0.265. The first-order valence-corrected chi connectivity index (χ1v) is 12.3. The lowest BCUT2D eigenvalue weighted by atomic mass is 10.0. The van der Waals surface area contributed by atoms with Crippen molar-refractivity contribution in [3.8, 4) is 5.75 Å². The highest BCUT2D eigenvalue weighted by atomic mass is 16.5. The Labute approximate surface area is 199 Å². The van der Waals surface area contributed by atoms with E-state index in [1.807, 2.05) is 24.3 Å². The number of benzene rings is 2. The van der Waals surface area contributed by atoms with Gasteiger partial charge < -0.3 is 15.2 Å². The number of carbonyl (C=O) groups is 1. The molecule has 2 aromatic rings. The molecule has 182 valence electrons. The summed E-state index contributed by atoms with van der Waals surface area (Å²) in [5, 5.41) is 15.0. The summed E-state index contributed by atoms with van der Waals surface area (Å²) in [4.78, 5) is 13.6. The number of aliphatic carboxylic acids is 1. The standard InChI is InChI=1S/C28H42N2O3/c1-21(2)30(22(3)4)18-17-29-19-24(12-7-6-11-23(5)28(31)32)20-33-27-16-10-14-25-13-8-9-15-26(25)27/h8-10,12-16,21-23,29H,6-7,11,17-20H2,1-5H3,(H,31,32). The molecule has 0 aliphatic rings. The summed E-state index contributed by atoms with van der Waals surface area (Å²) in [6.07, 6.45) is 4.63. The van der Waals surface area contributed by atoms with E-state index in [4.69, 9.17) is 9.84 Å². The molecule has 5 heteroatoms. The van der Waals surface area contributed by atoms with Crippen LogP contribution in [0.1, 0.15) is 53.9 Å². The van der Waals surface area contributed by atoms with Gasteiger partial charge in [0.05, 0.1) is 5.92 Å². The average molecular weight is 455 g/mol. The highest BCUT2D eigenvalue weighted by molar-refractivity contribution is 5.88. The third-order valence-electron chi connectivity index (χ3n) is 6.08. The van der Waals surface area contributed by atoms with Crippen molar-refractivity contribution >= 4 is 16.7 Å². The molecule has 0 spiro atoms. The molecule has 33 heavy (non-hydrogen) atoms. The Bertz CT molecular complexity index is 878. The molecule has 0 radical (unpaired) electrons. The number of nitrogens with one attached hydrogen (secondary N) is 1. The van der Waals surface area contributed by atoms with E-state index in [9.17, 15) is 4.79 Å². The van der Waals surface area contributed by atoms with E-state index in [1.54, 1.807) is 6.92 Å². The number of rotatable bonds is 15. The lowest BCUT2D eigenvalue weighted by Gasteiger charge is -2.30. The SMILES string of the molecule is CC(CCCC=C(CNCCN(C(C)C)C(C)C)COc1cccc2ccccc12)C(=O)O. The molecule has 0 saturated carbocycles. The predicted octanol–water partition coefficient (Wildman–Crippen LogP) is 5.74. The second-order valence-electron chi connectivity index (χ2n) is 9.40. The van der Waals surface area contributed by atoms with Crippen LogP contribution in [-0.2, 0) is 4.79 Å². The van der Waals surface area contributed by atoms with Gasteiger partial charge in [-0.25, -0.2) is 0 Å². The molecule has 0 aliphatic carbocycles. The van der Waals surface area contributed by atoms with Crippen LogP contribution < -0.4 is 10.1 Å². The Hall–Kier alpha value is -2.37. The van der Waals surface area contributed by atoms with Crippen LogP contribution in [0.2, 0.25) is 0 Å². The molecule has 1 atom stereocenters. The van der Waals surface area contributed by atoms with Crippen LogP contribution >= 0.6 is 0 Å². The Morgan fingerprint density at radius 1 is 1.06 bits per heavy atom. The van der Waals surface area contributed by atoms with E-state index >= 15 is 0 Å². The summed E-state index contributed by atoms with van der Waals surface area (Å²) in [7, 11) is 0. The largest absolute Gasteiger partial charge is 0.489 e. The molecular formula is C28H42N2O3. The minimum Gasteiger partial charge on any atom is -0.489 e. The van der Waals surface area contributed by atoms with Crippen LogP contribution in [0.4, 0.5) is 0 Å². The van der Waals surface area contributed by atoms with Crippen LogP contribution in [-0.4, -0.2) is 54.3 Å². The fraction of sp³-hybridized carbons (Fsp3) is 0.536. The number of ether oxygens (including phenoxy) is 1. The van der Waals surface area contributed by atoms with Crippen molar-refractivity contribution in [1.82, 2.24) is 10.2 Å². The van der Waals surface area contributed by atoms with Crippen molar-refractivity contribution < 1.29 is 14.6 Å². The number of carboxylic acids is 1. The number of hydrogen-bond acceptors (Lipinski definition) is 4. The lowest BCUT2D eigenvalue weighted by molar-refractivity contribution is -0.141. The van der Waals surface area contributed by atoms with E-state index in [-0.39, 0.29) is 5.92 Å². The van der Waals surface area contributed by atoms with Gasteiger partial charge in [-0.05, 0) is 64.0 Å². The monoisotopic (exact) mass is 454 g/mol. The minimum atomic E-state index is -0.722. The summed E-state index contributed by atoms with van der Waals surface area (Å²) in [6.45, 7) is 13.9. The van der Waals surface area contributed by atoms with Gasteiger partial charge in [-0.3, -0.25) is 9.69 Å². The van der Waals surface area contributed by atoms with Gasteiger partial charge in [0, 0.05) is 37.1 Å². The maximum absolute atomic E-state index is 11.1. The lowest BCUT2D eigenvalue weighted by Crippen LogP contribution is -2.41. The summed E-state index contributed by atoms with van der Waals surface area (Å²) >= 11 is 0. The third kappa shape index (κ3) is 9.18. The molecule has 0 aliphatic heterocycles. The summed E-state index contributed by atoms with van der Waals surface area (Å²) in [5.74, 6) is -0.130. The maximum Gasteiger partial charge on any atom is 0.306 e. The van der Waals surface area contributed by atoms with Gasteiger partial charge in [0.25, 0.3) is 0 Å². The zero-order valence-corrected chi connectivity index (χ0v) is 21.0. The van der Waals surface area contributed by atoms with Crippen LogP contribution in [0.3, 0.4) is 0 Å². The van der Waals surface area contributed by atoms with E-state index in [2.05, 4.69) is 62.2 Å². The second-order valence-corrected chi connectivity index (χ2v) is 9.40. The van der Waals surface area contributed by atoms with Gasteiger partial charge in [-0.2, -0.15) is 0 Å². The maximum atomic E-state index is 11.1. The van der Waals surface area contributed by atoms with E-state index in [1.165, 1.54) is 11.0 Å². The Kier molecular flexibility index (Phi) is 11.4. The zero-order chi connectivity index (χ0) is 24.2. The molecule has 0 fully saturated rings. The van der Waals surface area contributed by atoms with Crippen molar-refractivity contribution in [1.29, 1.82) is 0 Å². The molecule has 2 aromatic carbocycles. The number of hydrogen-bond donors (Lipinski definition) is 2. The average Bonchev–Trinajstić information content (AvgIpc) is 2.78. The molecular weight excluding hydrogens is 412 g/mol. The number of unbranched alkanes of at least 4 members (excludes halogenated alkanes) is 1. The van der Waals surface area contributed by atoms with Crippen LogP contribution in [0.25, 0.3) is 10.8 Å². The summed E-state index contributed by atoms with van der Waals surface area (Å²) in [6, 6.07) is 15.4. The Balaban J connectivity index is 1.97. The molecule has 1 unspecified atom stereocenters. The van der Waals surface area contributed by atoms with Crippen LogP contribution in [0.15, 0.2) is 54.1 Å².